The van der Waals surface area contributed by atoms with Crippen molar-refractivity contribution >= 4 is 28.2 Å². The van der Waals surface area contributed by atoms with E-state index in [2.05, 4.69) is 10.3 Å². The number of fused-ring (bicyclic) bond motifs is 1. The molecular formula is C16H18ClFN2O. The lowest BCUT2D eigenvalue weighted by Gasteiger charge is -2.42. The van der Waals surface area contributed by atoms with Crippen molar-refractivity contribution in [1.82, 2.24) is 4.98 Å². The number of aliphatic hydroxyl groups is 1. The molecule has 0 radical (unpaired) electrons. The molecule has 5 heteroatoms. The van der Waals surface area contributed by atoms with E-state index in [-0.39, 0.29) is 23.4 Å². The monoisotopic (exact) mass is 308 g/mol. The Morgan fingerprint density at radius 1 is 1.33 bits per heavy atom. The first-order chi connectivity index (χ1) is 10.2. The summed E-state index contributed by atoms with van der Waals surface area (Å²) >= 11 is 6.05. The first-order valence-corrected chi connectivity index (χ1v) is 7.60. The number of aromatic nitrogens is 1. The fourth-order valence-electron chi connectivity index (χ4n) is 3.00. The minimum Gasteiger partial charge on any atom is -0.396 e. The van der Waals surface area contributed by atoms with Gasteiger partial charge in [-0.05, 0) is 42.9 Å². The van der Waals surface area contributed by atoms with Gasteiger partial charge in [0.1, 0.15) is 5.52 Å². The number of rotatable bonds is 5. The Hall–Kier alpha value is -1.39. The molecule has 1 saturated carbocycles. The van der Waals surface area contributed by atoms with Crippen LogP contribution in [0.2, 0.25) is 5.02 Å². The number of hydrogen-bond donors (Lipinski definition) is 2. The highest BCUT2D eigenvalue weighted by Gasteiger charge is 2.36. The predicted molar refractivity (Wildman–Crippen MR) is 83.2 cm³/mol. The van der Waals surface area contributed by atoms with Gasteiger partial charge in [0.15, 0.2) is 5.82 Å². The maximum absolute atomic E-state index is 14.5. The zero-order valence-electron chi connectivity index (χ0n) is 11.7. The summed E-state index contributed by atoms with van der Waals surface area (Å²) in [5.74, 6) is -0.367. The van der Waals surface area contributed by atoms with E-state index in [1.807, 2.05) is 0 Å². The quantitative estimate of drug-likeness (QED) is 0.878. The van der Waals surface area contributed by atoms with Crippen LogP contribution in [-0.4, -0.2) is 23.2 Å². The van der Waals surface area contributed by atoms with Gasteiger partial charge in [-0.2, -0.15) is 0 Å². The van der Waals surface area contributed by atoms with Crippen LogP contribution in [0.25, 0.3) is 10.9 Å². The first-order valence-electron chi connectivity index (χ1n) is 7.23. The van der Waals surface area contributed by atoms with Crippen molar-refractivity contribution in [1.29, 1.82) is 0 Å². The van der Waals surface area contributed by atoms with E-state index in [4.69, 9.17) is 16.7 Å². The maximum atomic E-state index is 14.5. The van der Waals surface area contributed by atoms with Crippen molar-refractivity contribution in [2.75, 3.05) is 18.5 Å². The highest BCUT2D eigenvalue weighted by atomic mass is 35.5. The van der Waals surface area contributed by atoms with Crippen LogP contribution in [0.4, 0.5) is 10.1 Å². The van der Waals surface area contributed by atoms with Crippen molar-refractivity contribution < 1.29 is 9.50 Å². The van der Waals surface area contributed by atoms with Crippen LogP contribution >= 0.6 is 11.6 Å². The molecule has 2 N–H and O–H groups in total. The van der Waals surface area contributed by atoms with Crippen molar-refractivity contribution in [3.63, 3.8) is 0 Å². The smallest absolute Gasteiger partial charge is 0.172 e. The molecule has 2 aromatic rings. The summed E-state index contributed by atoms with van der Waals surface area (Å²) < 4.78 is 14.5. The molecule has 0 unspecified atom stereocenters. The third-order valence-corrected chi connectivity index (χ3v) is 4.84. The highest BCUT2D eigenvalue weighted by molar-refractivity contribution is 6.35. The highest BCUT2D eigenvalue weighted by Crippen LogP contribution is 2.44. The normalized spacial score (nSPS) is 16.7. The van der Waals surface area contributed by atoms with Crippen LogP contribution < -0.4 is 5.32 Å². The SMILES string of the molecule is OCCC1(CNc2ccc3c(Cl)ccnc3c2F)CCC1. The van der Waals surface area contributed by atoms with Crippen LogP contribution in [0.5, 0.6) is 0 Å². The topological polar surface area (TPSA) is 45.1 Å². The van der Waals surface area contributed by atoms with E-state index in [1.165, 1.54) is 12.6 Å². The third kappa shape index (κ3) is 2.70. The van der Waals surface area contributed by atoms with E-state index >= 15 is 0 Å². The van der Waals surface area contributed by atoms with Gasteiger partial charge in [-0.25, -0.2) is 4.39 Å². The summed E-state index contributed by atoms with van der Waals surface area (Å²) in [6.45, 7) is 0.857. The van der Waals surface area contributed by atoms with Gasteiger partial charge in [0.25, 0.3) is 0 Å². The Balaban J connectivity index is 1.83. The molecule has 3 rings (SSSR count). The summed E-state index contributed by atoms with van der Waals surface area (Å²) in [5.41, 5.74) is 0.844. The average Bonchev–Trinajstić information content (AvgIpc) is 2.44. The number of hydrogen-bond acceptors (Lipinski definition) is 3. The van der Waals surface area contributed by atoms with E-state index in [0.717, 1.165) is 19.3 Å². The van der Waals surface area contributed by atoms with Gasteiger partial charge in [0.2, 0.25) is 0 Å². The molecule has 112 valence electrons. The molecule has 0 bridgehead atoms. The summed E-state index contributed by atoms with van der Waals surface area (Å²) in [5, 5.41) is 13.5. The number of anilines is 1. The van der Waals surface area contributed by atoms with E-state index in [0.29, 0.717) is 22.6 Å². The molecule has 1 heterocycles. The second-order valence-corrected chi connectivity index (χ2v) is 6.20. The van der Waals surface area contributed by atoms with Crippen LogP contribution in [0.3, 0.4) is 0 Å². The standard InChI is InChI=1S/C16H18ClFN2O/c17-12-4-8-19-15-11(12)2-3-13(14(15)18)20-10-16(7-9-21)5-1-6-16/h2-4,8,20-21H,1,5-7,9-10H2. The molecular weight excluding hydrogens is 291 g/mol. The Morgan fingerprint density at radius 3 is 2.81 bits per heavy atom. The molecule has 3 nitrogen and oxygen atoms in total. The van der Waals surface area contributed by atoms with Crippen molar-refractivity contribution in [2.45, 2.75) is 25.7 Å². The van der Waals surface area contributed by atoms with Crippen molar-refractivity contribution in [3.8, 4) is 0 Å². The molecule has 0 saturated heterocycles. The summed E-state index contributed by atoms with van der Waals surface area (Å²) in [7, 11) is 0. The number of halogens is 2. The summed E-state index contributed by atoms with van der Waals surface area (Å²) in [6, 6.07) is 5.15. The Bertz CT molecular complexity index is 658. The Kier molecular flexibility index (Phi) is 4.00. The van der Waals surface area contributed by atoms with Crippen LogP contribution in [0.1, 0.15) is 25.7 Å². The Morgan fingerprint density at radius 2 is 2.14 bits per heavy atom. The number of nitrogens with zero attached hydrogens (tertiary/aromatic N) is 1. The fourth-order valence-corrected chi connectivity index (χ4v) is 3.21. The number of benzene rings is 1. The number of pyridine rings is 1. The third-order valence-electron chi connectivity index (χ3n) is 4.51. The van der Waals surface area contributed by atoms with E-state index in [9.17, 15) is 4.39 Å². The number of aliphatic hydroxyl groups excluding tert-OH is 1. The molecule has 0 aliphatic heterocycles. The molecule has 1 aromatic carbocycles. The van der Waals surface area contributed by atoms with Gasteiger partial charge in [-0.15, -0.1) is 0 Å². The maximum Gasteiger partial charge on any atom is 0.172 e. The van der Waals surface area contributed by atoms with Crippen LogP contribution in [-0.2, 0) is 0 Å². The zero-order chi connectivity index (χ0) is 14.9. The largest absolute Gasteiger partial charge is 0.396 e. The number of nitrogens with one attached hydrogen (secondary N) is 1. The second kappa shape index (κ2) is 5.78. The lowest BCUT2D eigenvalue weighted by molar-refractivity contribution is 0.102. The molecule has 1 aromatic heterocycles. The van der Waals surface area contributed by atoms with Crippen molar-refractivity contribution in [2.24, 2.45) is 5.41 Å². The zero-order valence-corrected chi connectivity index (χ0v) is 12.5. The lowest BCUT2D eigenvalue weighted by Crippen LogP contribution is -2.37. The van der Waals surface area contributed by atoms with Gasteiger partial charge in [0, 0.05) is 24.7 Å². The molecule has 0 amide bonds. The van der Waals surface area contributed by atoms with Gasteiger partial charge in [0.05, 0.1) is 10.7 Å². The lowest BCUT2D eigenvalue weighted by atomic mass is 9.67. The summed E-state index contributed by atoms with van der Waals surface area (Å²) in [6.07, 6.45) is 5.62. The fraction of sp³-hybridized carbons (Fsp3) is 0.438. The van der Waals surface area contributed by atoms with Gasteiger partial charge < -0.3 is 10.4 Å². The molecule has 1 aliphatic carbocycles. The van der Waals surface area contributed by atoms with E-state index in [1.54, 1.807) is 18.2 Å². The van der Waals surface area contributed by atoms with Crippen LogP contribution in [0, 0.1) is 11.2 Å². The summed E-state index contributed by atoms with van der Waals surface area (Å²) in [4.78, 5) is 4.08. The molecule has 0 spiro atoms. The van der Waals surface area contributed by atoms with Crippen molar-refractivity contribution in [3.05, 3.63) is 35.2 Å². The predicted octanol–water partition coefficient (Wildman–Crippen LogP) is 3.99. The molecule has 0 atom stereocenters. The van der Waals surface area contributed by atoms with E-state index < -0.39 is 0 Å². The molecule has 1 fully saturated rings. The van der Waals surface area contributed by atoms with Gasteiger partial charge >= 0.3 is 0 Å². The first kappa shape index (κ1) is 14.5. The Labute approximate surface area is 128 Å². The minimum atomic E-state index is -0.367. The second-order valence-electron chi connectivity index (χ2n) is 5.80. The average molecular weight is 309 g/mol. The minimum absolute atomic E-state index is 0.109. The van der Waals surface area contributed by atoms with Gasteiger partial charge in [-0.3, -0.25) is 4.98 Å². The van der Waals surface area contributed by atoms with Crippen LogP contribution in [0.15, 0.2) is 24.4 Å². The molecule has 21 heavy (non-hydrogen) atoms. The molecule has 1 aliphatic rings. The van der Waals surface area contributed by atoms with Gasteiger partial charge in [-0.1, -0.05) is 18.0 Å².